The standard InChI is InChI=1S/C29H31NO8S/c1-18(29(33)34)14-21-15-20(8-13-27(21)37-17-19-6-10-24(11-7-19)39(30,35)36)28(32)25-12-9-23(16-26(25)31)38-22-4-2-3-5-22/h6-13,15-16,18,22,31H,2-5,14,17H2,1H3,(H,33,34)(H2,30,35,36). The molecule has 1 saturated carbocycles. The first kappa shape index (κ1) is 28.1. The summed E-state index contributed by atoms with van der Waals surface area (Å²) in [7, 11) is -3.82. The van der Waals surface area contributed by atoms with Gasteiger partial charge in [0.25, 0.3) is 0 Å². The van der Waals surface area contributed by atoms with E-state index in [9.17, 15) is 28.2 Å². The van der Waals surface area contributed by atoms with Gasteiger partial charge in [-0.3, -0.25) is 9.59 Å². The molecule has 0 amide bonds. The highest BCUT2D eigenvalue weighted by Crippen LogP contribution is 2.31. The minimum absolute atomic E-state index is 0.0218. The van der Waals surface area contributed by atoms with E-state index in [-0.39, 0.29) is 40.9 Å². The summed E-state index contributed by atoms with van der Waals surface area (Å²) in [6.45, 7) is 1.64. The maximum atomic E-state index is 13.3. The second-order valence-corrected chi connectivity index (χ2v) is 11.3. The molecule has 1 fully saturated rings. The van der Waals surface area contributed by atoms with Gasteiger partial charge in [-0.2, -0.15) is 0 Å². The highest BCUT2D eigenvalue weighted by atomic mass is 32.2. The van der Waals surface area contributed by atoms with Crippen LogP contribution in [0.25, 0.3) is 0 Å². The quantitative estimate of drug-likeness (QED) is 0.295. The van der Waals surface area contributed by atoms with Crippen molar-refractivity contribution in [2.45, 2.75) is 56.6 Å². The van der Waals surface area contributed by atoms with E-state index >= 15 is 0 Å². The van der Waals surface area contributed by atoms with Crippen LogP contribution >= 0.6 is 0 Å². The number of rotatable bonds is 11. The summed E-state index contributed by atoms with van der Waals surface area (Å²) in [5.41, 5.74) is 1.56. The minimum atomic E-state index is -3.82. The number of hydrogen-bond acceptors (Lipinski definition) is 7. The molecule has 9 nitrogen and oxygen atoms in total. The Morgan fingerprint density at radius 3 is 2.33 bits per heavy atom. The van der Waals surface area contributed by atoms with Gasteiger partial charge in [0.05, 0.1) is 22.5 Å². The third-order valence-corrected chi connectivity index (χ3v) is 7.66. The van der Waals surface area contributed by atoms with E-state index in [1.807, 2.05) is 0 Å². The summed E-state index contributed by atoms with van der Waals surface area (Å²) in [4.78, 5) is 24.8. The van der Waals surface area contributed by atoms with Crippen LogP contribution in [-0.4, -0.2) is 36.5 Å². The number of carbonyl (C=O) groups excluding carboxylic acids is 1. The molecule has 0 saturated heterocycles. The fraction of sp³-hybridized carbons (Fsp3) is 0.310. The zero-order valence-electron chi connectivity index (χ0n) is 21.5. The molecule has 3 aromatic rings. The van der Waals surface area contributed by atoms with Gasteiger partial charge in [0.15, 0.2) is 5.78 Å². The first-order valence-corrected chi connectivity index (χ1v) is 14.2. The predicted molar refractivity (Wildman–Crippen MR) is 144 cm³/mol. The van der Waals surface area contributed by atoms with Crippen molar-refractivity contribution in [2.24, 2.45) is 11.1 Å². The molecular weight excluding hydrogens is 522 g/mol. The first-order valence-electron chi connectivity index (χ1n) is 12.7. The SMILES string of the molecule is CC(Cc1cc(C(=O)c2ccc(OC3CCCC3)cc2O)ccc1OCc1ccc(S(N)(=O)=O)cc1)C(=O)O. The van der Waals surface area contributed by atoms with Gasteiger partial charge in [-0.15, -0.1) is 0 Å². The molecule has 0 heterocycles. The Bertz CT molecular complexity index is 1460. The lowest BCUT2D eigenvalue weighted by molar-refractivity contribution is -0.141. The molecule has 1 atom stereocenters. The molecule has 1 aliphatic rings. The molecule has 39 heavy (non-hydrogen) atoms. The molecule has 0 aromatic heterocycles. The van der Waals surface area contributed by atoms with Crippen LogP contribution in [0.3, 0.4) is 0 Å². The molecule has 10 heteroatoms. The van der Waals surface area contributed by atoms with Crippen molar-refractivity contribution in [2.75, 3.05) is 0 Å². The van der Waals surface area contributed by atoms with Crippen LogP contribution in [0.2, 0.25) is 0 Å². The lowest BCUT2D eigenvalue weighted by Gasteiger charge is -2.16. The normalized spacial score (nSPS) is 14.6. The molecule has 0 aliphatic heterocycles. The van der Waals surface area contributed by atoms with Crippen molar-refractivity contribution >= 4 is 21.8 Å². The minimum Gasteiger partial charge on any atom is -0.507 e. The third kappa shape index (κ3) is 7.15. The monoisotopic (exact) mass is 553 g/mol. The zero-order valence-corrected chi connectivity index (χ0v) is 22.3. The highest BCUT2D eigenvalue weighted by Gasteiger charge is 2.21. The molecule has 0 bridgehead atoms. The number of aromatic hydroxyl groups is 1. The summed E-state index contributed by atoms with van der Waals surface area (Å²) in [5, 5.41) is 25.1. The van der Waals surface area contributed by atoms with E-state index in [4.69, 9.17) is 14.6 Å². The zero-order chi connectivity index (χ0) is 28.2. The third-order valence-electron chi connectivity index (χ3n) is 6.74. The van der Waals surface area contributed by atoms with E-state index in [1.54, 1.807) is 43.3 Å². The van der Waals surface area contributed by atoms with Crippen molar-refractivity contribution in [3.8, 4) is 17.2 Å². The Labute approximate surface area is 227 Å². The van der Waals surface area contributed by atoms with Gasteiger partial charge in [0, 0.05) is 11.6 Å². The Kier molecular flexibility index (Phi) is 8.57. The van der Waals surface area contributed by atoms with Gasteiger partial charge in [0.2, 0.25) is 10.0 Å². The van der Waals surface area contributed by atoms with E-state index in [1.165, 1.54) is 24.3 Å². The van der Waals surface area contributed by atoms with Crippen LogP contribution in [0.5, 0.6) is 17.2 Å². The number of carboxylic acids is 1. The second kappa shape index (κ2) is 11.9. The van der Waals surface area contributed by atoms with E-state index in [0.717, 1.165) is 25.7 Å². The smallest absolute Gasteiger partial charge is 0.306 e. The molecule has 0 radical (unpaired) electrons. The summed E-state index contributed by atoms with van der Waals surface area (Å²) in [5.74, 6) is -1.46. The summed E-state index contributed by atoms with van der Waals surface area (Å²) >= 11 is 0. The van der Waals surface area contributed by atoms with Gasteiger partial charge in [-0.25, -0.2) is 13.6 Å². The average molecular weight is 554 g/mol. The van der Waals surface area contributed by atoms with Crippen molar-refractivity contribution in [3.63, 3.8) is 0 Å². The van der Waals surface area contributed by atoms with E-state index in [2.05, 4.69) is 0 Å². The van der Waals surface area contributed by atoms with Crippen LogP contribution < -0.4 is 14.6 Å². The van der Waals surface area contributed by atoms with Crippen LogP contribution in [0.4, 0.5) is 0 Å². The number of phenolic OH excluding ortho intramolecular Hbond substituents is 1. The van der Waals surface area contributed by atoms with Crippen LogP contribution in [0.1, 0.15) is 59.7 Å². The maximum absolute atomic E-state index is 13.3. The molecule has 1 aliphatic carbocycles. The number of hydrogen-bond donors (Lipinski definition) is 3. The first-order chi connectivity index (χ1) is 18.5. The molecule has 4 N–H and O–H groups in total. The van der Waals surface area contributed by atoms with Crippen molar-refractivity contribution in [1.82, 2.24) is 0 Å². The number of carbonyl (C=O) groups is 2. The Morgan fingerprint density at radius 2 is 1.72 bits per heavy atom. The molecular formula is C29H31NO8S. The fourth-order valence-electron chi connectivity index (χ4n) is 4.51. The van der Waals surface area contributed by atoms with Crippen LogP contribution in [0, 0.1) is 5.92 Å². The summed E-state index contributed by atoms with van der Waals surface area (Å²) < 4.78 is 34.8. The van der Waals surface area contributed by atoms with Crippen LogP contribution in [0.15, 0.2) is 65.6 Å². The molecule has 4 rings (SSSR count). The Morgan fingerprint density at radius 1 is 1.03 bits per heavy atom. The lowest BCUT2D eigenvalue weighted by Crippen LogP contribution is -2.14. The number of primary sulfonamides is 1. The molecule has 1 unspecified atom stereocenters. The number of nitrogens with two attached hydrogens (primary N) is 1. The lowest BCUT2D eigenvalue weighted by atomic mass is 9.95. The average Bonchev–Trinajstić information content (AvgIpc) is 3.40. The van der Waals surface area contributed by atoms with Gasteiger partial charge in [0.1, 0.15) is 23.9 Å². The number of ketones is 1. The van der Waals surface area contributed by atoms with Crippen LogP contribution in [-0.2, 0) is 27.8 Å². The topological polar surface area (TPSA) is 153 Å². The number of phenols is 1. The Balaban J connectivity index is 1.55. The van der Waals surface area contributed by atoms with Crippen molar-refractivity contribution in [1.29, 1.82) is 0 Å². The van der Waals surface area contributed by atoms with Gasteiger partial charge < -0.3 is 19.7 Å². The fourth-order valence-corrected chi connectivity index (χ4v) is 5.02. The van der Waals surface area contributed by atoms with Gasteiger partial charge in [-0.05, 0) is 85.7 Å². The number of benzene rings is 3. The number of ether oxygens (including phenoxy) is 2. The number of carboxylic acid groups (broad SMARTS) is 1. The number of aliphatic carboxylic acids is 1. The van der Waals surface area contributed by atoms with Gasteiger partial charge in [-0.1, -0.05) is 19.1 Å². The van der Waals surface area contributed by atoms with E-state index < -0.39 is 27.7 Å². The largest absolute Gasteiger partial charge is 0.507 e. The summed E-state index contributed by atoms with van der Waals surface area (Å²) in [6, 6.07) is 15.2. The van der Waals surface area contributed by atoms with Crippen molar-refractivity contribution in [3.05, 3.63) is 82.9 Å². The second-order valence-electron chi connectivity index (χ2n) is 9.78. The molecule has 206 valence electrons. The Hall–Kier alpha value is -3.89. The highest BCUT2D eigenvalue weighted by molar-refractivity contribution is 7.89. The molecule has 3 aromatic carbocycles. The predicted octanol–water partition coefficient (Wildman–Crippen LogP) is 4.43. The van der Waals surface area contributed by atoms with Gasteiger partial charge >= 0.3 is 5.97 Å². The van der Waals surface area contributed by atoms with Crippen molar-refractivity contribution < 1.29 is 37.7 Å². The van der Waals surface area contributed by atoms with E-state index in [0.29, 0.717) is 22.6 Å². The maximum Gasteiger partial charge on any atom is 0.306 e. The summed E-state index contributed by atoms with van der Waals surface area (Å²) in [6.07, 6.45) is 4.38. The number of sulfonamides is 1. The molecule has 0 spiro atoms.